The Labute approximate surface area is 130 Å². The van der Waals surface area contributed by atoms with Gasteiger partial charge >= 0.3 is 0 Å². The van der Waals surface area contributed by atoms with Gasteiger partial charge in [-0.05, 0) is 52.0 Å². The summed E-state index contributed by atoms with van der Waals surface area (Å²) in [7, 11) is 0. The molecule has 2 aromatic rings. The van der Waals surface area contributed by atoms with E-state index < -0.39 is 0 Å². The molecule has 0 aromatic heterocycles. The molecule has 20 heavy (non-hydrogen) atoms. The molecule has 0 aliphatic heterocycles. The van der Waals surface area contributed by atoms with E-state index in [4.69, 9.17) is 0 Å². The van der Waals surface area contributed by atoms with E-state index in [1.54, 1.807) is 17.8 Å². The van der Waals surface area contributed by atoms with Gasteiger partial charge in [0.05, 0.1) is 16.9 Å². The predicted molar refractivity (Wildman–Crippen MR) is 84.9 cm³/mol. The van der Waals surface area contributed by atoms with Crippen molar-refractivity contribution in [3.05, 3.63) is 52.3 Å². The Hall–Kier alpha value is -1.51. The van der Waals surface area contributed by atoms with Crippen molar-refractivity contribution in [2.75, 3.05) is 11.1 Å². The molecular formula is C15H12BrFN2S. The van der Waals surface area contributed by atoms with Gasteiger partial charge in [0.15, 0.2) is 0 Å². The third-order valence-electron chi connectivity index (χ3n) is 2.64. The Morgan fingerprint density at radius 3 is 2.75 bits per heavy atom. The molecule has 0 fully saturated rings. The number of nitrogens with one attached hydrogen (secondary N) is 1. The second-order valence-corrected chi connectivity index (χ2v) is 6.13. The van der Waals surface area contributed by atoms with Crippen LogP contribution < -0.4 is 5.32 Å². The largest absolute Gasteiger partial charge is 0.353 e. The molecule has 2 nitrogen and oxygen atoms in total. The van der Waals surface area contributed by atoms with Gasteiger partial charge in [-0.25, -0.2) is 4.39 Å². The summed E-state index contributed by atoms with van der Waals surface area (Å²) in [6, 6.07) is 12.3. The second-order valence-electron chi connectivity index (χ2n) is 3.97. The standard InChI is InChI=1S/C15H12BrFN2S/c1-2-20-15-5-3-4-13(11(15)9-18)19-14-7-6-10(17)8-12(14)16/h3-8,19H,2H2,1H3. The number of rotatable bonds is 4. The first-order valence-corrected chi connectivity index (χ1v) is 7.81. The van der Waals surface area contributed by atoms with Crippen molar-refractivity contribution in [1.82, 2.24) is 0 Å². The fraction of sp³-hybridized carbons (Fsp3) is 0.133. The molecule has 5 heteroatoms. The minimum atomic E-state index is -0.307. The molecule has 2 rings (SSSR count). The van der Waals surface area contributed by atoms with Gasteiger partial charge in [0, 0.05) is 9.37 Å². The van der Waals surface area contributed by atoms with E-state index in [1.807, 2.05) is 25.1 Å². The maximum Gasteiger partial charge on any atom is 0.124 e. The Balaban J connectivity index is 2.38. The van der Waals surface area contributed by atoms with Crippen molar-refractivity contribution in [2.24, 2.45) is 0 Å². The summed E-state index contributed by atoms with van der Waals surface area (Å²) in [5, 5.41) is 12.5. The van der Waals surface area contributed by atoms with Crippen molar-refractivity contribution in [3.8, 4) is 6.07 Å². The quantitative estimate of drug-likeness (QED) is 0.758. The molecule has 102 valence electrons. The first-order chi connectivity index (χ1) is 9.65. The van der Waals surface area contributed by atoms with Crippen LogP contribution in [0.15, 0.2) is 45.8 Å². The average molecular weight is 351 g/mol. The fourth-order valence-electron chi connectivity index (χ4n) is 1.76. The molecule has 0 atom stereocenters. The number of thioether (sulfide) groups is 1. The van der Waals surface area contributed by atoms with Crippen molar-refractivity contribution >= 4 is 39.1 Å². The molecule has 0 heterocycles. The smallest absolute Gasteiger partial charge is 0.124 e. The molecule has 0 aliphatic carbocycles. The van der Waals surface area contributed by atoms with E-state index in [1.165, 1.54) is 12.1 Å². The molecule has 1 N–H and O–H groups in total. The monoisotopic (exact) mass is 350 g/mol. The van der Waals surface area contributed by atoms with Gasteiger partial charge < -0.3 is 5.32 Å². The van der Waals surface area contributed by atoms with Gasteiger partial charge in [-0.2, -0.15) is 5.26 Å². The maximum atomic E-state index is 13.1. The number of hydrogen-bond acceptors (Lipinski definition) is 3. The van der Waals surface area contributed by atoms with Crippen LogP contribution in [0.2, 0.25) is 0 Å². The molecule has 0 unspecified atom stereocenters. The zero-order valence-corrected chi connectivity index (χ0v) is 13.2. The van der Waals surface area contributed by atoms with Crippen molar-refractivity contribution in [1.29, 1.82) is 5.26 Å². The van der Waals surface area contributed by atoms with Crippen LogP contribution in [0.3, 0.4) is 0 Å². The van der Waals surface area contributed by atoms with E-state index in [0.717, 1.165) is 22.0 Å². The number of anilines is 2. The topological polar surface area (TPSA) is 35.8 Å². The lowest BCUT2D eigenvalue weighted by atomic mass is 10.2. The lowest BCUT2D eigenvalue weighted by molar-refractivity contribution is 0.627. The van der Waals surface area contributed by atoms with E-state index in [9.17, 15) is 9.65 Å². The molecule has 0 radical (unpaired) electrons. The summed E-state index contributed by atoms with van der Waals surface area (Å²) in [6.45, 7) is 2.04. The highest BCUT2D eigenvalue weighted by Gasteiger charge is 2.10. The molecule has 0 amide bonds. The number of nitriles is 1. The van der Waals surface area contributed by atoms with Gasteiger partial charge in [-0.1, -0.05) is 13.0 Å². The molecule has 0 saturated heterocycles. The summed E-state index contributed by atoms with van der Waals surface area (Å²) in [5.41, 5.74) is 2.05. The Bertz CT molecular complexity index is 667. The van der Waals surface area contributed by atoms with Crippen LogP contribution in [0.4, 0.5) is 15.8 Å². The highest BCUT2D eigenvalue weighted by atomic mass is 79.9. The van der Waals surface area contributed by atoms with Crippen LogP contribution in [0.25, 0.3) is 0 Å². The summed E-state index contributed by atoms with van der Waals surface area (Å²) in [5.74, 6) is 0.594. The number of hydrogen-bond donors (Lipinski definition) is 1. The highest BCUT2D eigenvalue weighted by Crippen LogP contribution is 2.32. The van der Waals surface area contributed by atoms with Gasteiger partial charge in [0.25, 0.3) is 0 Å². The van der Waals surface area contributed by atoms with Gasteiger partial charge in [0.1, 0.15) is 11.9 Å². The van der Waals surface area contributed by atoms with Gasteiger partial charge in [-0.3, -0.25) is 0 Å². The third kappa shape index (κ3) is 3.33. The van der Waals surface area contributed by atoms with Crippen LogP contribution in [0.1, 0.15) is 12.5 Å². The zero-order valence-electron chi connectivity index (χ0n) is 10.8. The van der Waals surface area contributed by atoms with Crippen LogP contribution in [-0.2, 0) is 0 Å². The minimum absolute atomic E-state index is 0.307. The molecule has 0 saturated carbocycles. The predicted octanol–water partition coefficient (Wildman–Crippen LogP) is 5.32. The molecule has 0 spiro atoms. The lowest BCUT2D eigenvalue weighted by Gasteiger charge is -2.12. The average Bonchev–Trinajstić information content (AvgIpc) is 2.42. The summed E-state index contributed by atoms with van der Waals surface area (Å²) in [6.07, 6.45) is 0. The number of benzene rings is 2. The first-order valence-electron chi connectivity index (χ1n) is 6.03. The Kier molecular flexibility index (Phi) is 5.05. The molecular weight excluding hydrogens is 339 g/mol. The van der Waals surface area contributed by atoms with Crippen molar-refractivity contribution < 1.29 is 4.39 Å². The molecule has 0 aliphatic rings. The van der Waals surface area contributed by atoms with Crippen LogP contribution in [-0.4, -0.2) is 5.75 Å². The van der Waals surface area contributed by atoms with E-state index in [0.29, 0.717) is 10.0 Å². The Morgan fingerprint density at radius 1 is 1.30 bits per heavy atom. The lowest BCUT2D eigenvalue weighted by Crippen LogP contribution is -1.96. The third-order valence-corrected chi connectivity index (χ3v) is 4.23. The second kappa shape index (κ2) is 6.78. The van der Waals surface area contributed by atoms with Crippen LogP contribution in [0, 0.1) is 17.1 Å². The number of nitrogens with zero attached hydrogens (tertiary/aromatic N) is 1. The summed E-state index contributed by atoms with van der Waals surface area (Å²) >= 11 is 4.93. The molecule has 2 aromatic carbocycles. The summed E-state index contributed by atoms with van der Waals surface area (Å²) in [4.78, 5) is 0.943. The minimum Gasteiger partial charge on any atom is -0.353 e. The Morgan fingerprint density at radius 2 is 2.10 bits per heavy atom. The normalized spacial score (nSPS) is 10.1. The maximum absolute atomic E-state index is 13.1. The summed E-state index contributed by atoms with van der Waals surface area (Å²) < 4.78 is 13.7. The van der Waals surface area contributed by atoms with E-state index in [-0.39, 0.29) is 5.82 Å². The van der Waals surface area contributed by atoms with Gasteiger partial charge in [-0.15, -0.1) is 11.8 Å². The highest BCUT2D eigenvalue weighted by molar-refractivity contribution is 9.10. The molecule has 0 bridgehead atoms. The van der Waals surface area contributed by atoms with E-state index in [2.05, 4.69) is 27.3 Å². The number of halogens is 2. The fourth-order valence-corrected chi connectivity index (χ4v) is 3.00. The van der Waals surface area contributed by atoms with Crippen molar-refractivity contribution in [3.63, 3.8) is 0 Å². The first kappa shape index (κ1) is 14.9. The SMILES string of the molecule is CCSc1cccc(Nc2ccc(F)cc2Br)c1C#N. The van der Waals surface area contributed by atoms with Crippen molar-refractivity contribution in [2.45, 2.75) is 11.8 Å². The zero-order chi connectivity index (χ0) is 14.5. The van der Waals surface area contributed by atoms with Crippen LogP contribution in [0.5, 0.6) is 0 Å². The van der Waals surface area contributed by atoms with E-state index >= 15 is 0 Å². The van der Waals surface area contributed by atoms with Crippen LogP contribution >= 0.6 is 27.7 Å². The van der Waals surface area contributed by atoms with Gasteiger partial charge in [0.2, 0.25) is 0 Å².